The lowest BCUT2D eigenvalue weighted by atomic mass is 10.1. The largest absolute Gasteiger partial charge is 0.496 e. The Morgan fingerprint density at radius 1 is 0.778 bits per heavy atom. The van der Waals surface area contributed by atoms with E-state index >= 15 is 0 Å². The second kappa shape index (κ2) is 5.36. The molecule has 0 fully saturated rings. The van der Waals surface area contributed by atoms with Crippen molar-refractivity contribution < 1.29 is 14.2 Å². The molecule has 0 unspecified atom stereocenters. The van der Waals surface area contributed by atoms with Gasteiger partial charge in [0.15, 0.2) is 0 Å². The average Bonchev–Trinajstić information content (AvgIpc) is 2.37. The summed E-state index contributed by atoms with van der Waals surface area (Å²) in [5.41, 5.74) is 0. The number of hydrogen-bond acceptors (Lipinski definition) is 3. The fourth-order valence-electron chi connectivity index (χ4n) is 1.94. The van der Waals surface area contributed by atoms with Crippen molar-refractivity contribution in [3.05, 3.63) is 27.1 Å². The number of halogens is 2. The van der Waals surface area contributed by atoms with E-state index in [1.807, 2.05) is 18.2 Å². The summed E-state index contributed by atoms with van der Waals surface area (Å²) in [5.74, 6) is 2.23. The van der Waals surface area contributed by atoms with Crippen LogP contribution < -0.4 is 14.2 Å². The predicted octanol–water partition coefficient (Wildman–Crippen LogP) is 4.39. The highest BCUT2D eigenvalue weighted by Gasteiger charge is 2.17. The minimum atomic E-state index is 0.726. The van der Waals surface area contributed by atoms with Crippen LogP contribution in [0.25, 0.3) is 10.8 Å². The summed E-state index contributed by atoms with van der Waals surface area (Å²) in [6.07, 6.45) is 0. The lowest BCUT2D eigenvalue weighted by Crippen LogP contribution is -1.94. The molecule has 18 heavy (non-hydrogen) atoms. The van der Waals surface area contributed by atoms with E-state index in [1.54, 1.807) is 21.3 Å². The van der Waals surface area contributed by atoms with Crippen molar-refractivity contribution in [2.24, 2.45) is 0 Å². The van der Waals surface area contributed by atoms with Crippen molar-refractivity contribution in [1.29, 1.82) is 0 Å². The normalized spacial score (nSPS) is 10.5. The molecule has 0 N–H and O–H groups in total. The third-order valence-corrected chi connectivity index (χ3v) is 3.92. The van der Waals surface area contributed by atoms with E-state index in [9.17, 15) is 0 Å². The Kier molecular flexibility index (Phi) is 4.02. The number of hydrogen-bond donors (Lipinski definition) is 0. The molecule has 96 valence electrons. The molecule has 0 aliphatic heterocycles. The second-order valence-electron chi connectivity index (χ2n) is 3.59. The molecule has 0 spiro atoms. The van der Waals surface area contributed by atoms with Crippen molar-refractivity contribution >= 4 is 42.6 Å². The smallest absolute Gasteiger partial charge is 0.144 e. The van der Waals surface area contributed by atoms with Gasteiger partial charge in [-0.1, -0.05) is 0 Å². The maximum absolute atomic E-state index is 5.45. The molecule has 0 amide bonds. The molecule has 0 aliphatic carbocycles. The van der Waals surface area contributed by atoms with Gasteiger partial charge >= 0.3 is 0 Å². The summed E-state index contributed by atoms with van der Waals surface area (Å²) >= 11 is 7.03. The van der Waals surface area contributed by atoms with Crippen LogP contribution in [0.4, 0.5) is 0 Å². The molecule has 0 aromatic heterocycles. The van der Waals surface area contributed by atoms with E-state index in [-0.39, 0.29) is 0 Å². The quantitative estimate of drug-likeness (QED) is 0.796. The molecular weight excluding hydrogens is 364 g/mol. The lowest BCUT2D eigenvalue weighted by Gasteiger charge is -2.15. The first-order valence-corrected chi connectivity index (χ1v) is 6.79. The number of methoxy groups -OCH3 is 3. The van der Waals surface area contributed by atoms with Gasteiger partial charge in [0.25, 0.3) is 0 Å². The van der Waals surface area contributed by atoms with Crippen LogP contribution >= 0.6 is 31.9 Å². The summed E-state index contributed by atoms with van der Waals surface area (Å²) in [5, 5.41) is 1.80. The van der Waals surface area contributed by atoms with E-state index in [1.165, 1.54) is 0 Å². The van der Waals surface area contributed by atoms with Gasteiger partial charge in [-0.15, -0.1) is 0 Å². The summed E-state index contributed by atoms with van der Waals surface area (Å²) in [7, 11) is 4.91. The standard InChI is InChI=1S/C13H12Br2O3/c1-16-9-4-5-10(17-2)12-11(9)7(14)6-8(15)13(12)18-3/h4-6H,1-3H3. The topological polar surface area (TPSA) is 27.7 Å². The Morgan fingerprint density at radius 2 is 1.33 bits per heavy atom. The van der Waals surface area contributed by atoms with Crippen molar-refractivity contribution in [2.45, 2.75) is 0 Å². The molecule has 2 aromatic carbocycles. The highest BCUT2D eigenvalue weighted by atomic mass is 79.9. The molecule has 5 heteroatoms. The molecule has 0 aliphatic rings. The molecule has 2 rings (SSSR count). The van der Waals surface area contributed by atoms with Gasteiger partial charge in [0, 0.05) is 9.86 Å². The van der Waals surface area contributed by atoms with E-state index in [4.69, 9.17) is 14.2 Å². The highest BCUT2D eigenvalue weighted by molar-refractivity contribution is 9.11. The van der Waals surface area contributed by atoms with Crippen LogP contribution in [0.1, 0.15) is 0 Å². The second-order valence-corrected chi connectivity index (χ2v) is 5.30. The van der Waals surface area contributed by atoms with Crippen LogP contribution in [0.3, 0.4) is 0 Å². The first-order valence-electron chi connectivity index (χ1n) is 5.20. The number of benzene rings is 2. The zero-order chi connectivity index (χ0) is 13.3. The van der Waals surface area contributed by atoms with Crippen LogP contribution in [-0.2, 0) is 0 Å². The zero-order valence-corrected chi connectivity index (χ0v) is 13.4. The van der Waals surface area contributed by atoms with E-state index < -0.39 is 0 Å². The summed E-state index contributed by atoms with van der Waals surface area (Å²) in [6, 6.07) is 5.67. The Bertz CT molecular complexity index is 597. The van der Waals surface area contributed by atoms with E-state index in [0.717, 1.165) is 37.0 Å². The highest BCUT2D eigenvalue weighted by Crippen LogP contribution is 2.46. The van der Waals surface area contributed by atoms with Gasteiger partial charge in [0.1, 0.15) is 17.2 Å². The Balaban J connectivity index is 2.99. The monoisotopic (exact) mass is 374 g/mol. The molecule has 0 saturated carbocycles. The summed E-state index contributed by atoms with van der Waals surface area (Å²) in [4.78, 5) is 0. The van der Waals surface area contributed by atoms with E-state index in [2.05, 4.69) is 31.9 Å². The van der Waals surface area contributed by atoms with Gasteiger partial charge in [-0.2, -0.15) is 0 Å². The fraction of sp³-hybridized carbons (Fsp3) is 0.231. The van der Waals surface area contributed by atoms with Gasteiger partial charge in [0.05, 0.1) is 31.2 Å². The number of rotatable bonds is 3. The molecule has 0 radical (unpaired) electrons. The molecule has 0 bridgehead atoms. The molecular formula is C13H12Br2O3. The van der Waals surface area contributed by atoms with Gasteiger partial charge < -0.3 is 14.2 Å². The number of ether oxygens (including phenoxy) is 3. The van der Waals surface area contributed by atoms with Crippen LogP contribution in [0, 0.1) is 0 Å². The Labute approximate surface area is 122 Å². The van der Waals surface area contributed by atoms with Crippen molar-refractivity contribution in [3.63, 3.8) is 0 Å². The molecule has 0 atom stereocenters. The third-order valence-electron chi connectivity index (χ3n) is 2.71. The van der Waals surface area contributed by atoms with Crippen LogP contribution in [0.5, 0.6) is 17.2 Å². The lowest BCUT2D eigenvalue weighted by molar-refractivity contribution is 0.399. The minimum absolute atomic E-state index is 0.726. The Hall–Kier alpha value is -0.940. The average molecular weight is 376 g/mol. The van der Waals surface area contributed by atoms with Crippen molar-refractivity contribution in [1.82, 2.24) is 0 Å². The molecule has 3 nitrogen and oxygen atoms in total. The van der Waals surface area contributed by atoms with Crippen LogP contribution in [0.15, 0.2) is 27.1 Å². The molecule has 2 aromatic rings. The van der Waals surface area contributed by atoms with Gasteiger partial charge in [-0.3, -0.25) is 0 Å². The molecule has 0 saturated heterocycles. The maximum atomic E-state index is 5.45. The maximum Gasteiger partial charge on any atom is 0.144 e. The fourth-order valence-corrected chi connectivity index (χ4v) is 3.45. The third kappa shape index (κ3) is 2.06. The van der Waals surface area contributed by atoms with Gasteiger partial charge in [-0.25, -0.2) is 0 Å². The van der Waals surface area contributed by atoms with Crippen molar-refractivity contribution in [2.75, 3.05) is 21.3 Å². The first kappa shape index (κ1) is 13.5. The summed E-state index contributed by atoms with van der Waals surface area (Å²) < 4.78 is 18.0. The summed E-state index contributed by atoms with van der Waals surface area (Å²) in [6.45, 7) is 0. The first-order chi connectivity index (χ1) is 8.63. The molecule has 0 heterocycles. The van der Waals surface area contributed by atoms with Crippen LogP contribution in [-0.4, -0.2) is 21.3 Å². The Morgan fingerprint density at radius 3 is 1.83 bits per heavy atom. The van der Waals surface area contributed by atoms with Crippen molar-refractivity contribution in [3.8, 4) is 17.2 Å². The van der Waals surface area contributed by atoms with Crippen LogP contribution in [0.2, 0.25) is 0 Å². The number of fused-ring (bicyclic) bond motifs is 1. The predicted molar refractivity (Wildman–Crippen MR) is 79.0 cm³/mol. The SMILES string of the molecule is COc1ccc(OC)c2c(OC)c(Br)cc(Br)c12. The van der Waals surface area contributed by atoms with Gasteiger partial charge in [-0.05, 0) is 50.1 Å². The van der Waals surface area contributed by atoms with Gasteiger partial charge in [0.2, 0.25) is 0 Å². The minimum Gasteiger partial charge on any atom is -0.496 e. The zero-order valence-electron chi connectivity index (χ0n) is 10.2. The van der Waals surface area contributed by atoms with E-state index in [0.29, 0.717) is 0 Å².